The van der Waals surface area contributed by atoms with Crippen molar-refractivity contribution in [3.8, 4) is 21.8 Å². The van der Waals surface area contributed by atoms with Gasteiger partial charge in [0, 0.05) is 35.9 Å². The molecule has 6 nitrogen and oxygen atoms in total. The van der Waals surface area contributed by atoms with Crippen LogP contribution in [0.1, 0.15) is 22.5 Å². The number of hydrogen-bond acceptors (Lipinski definition) is 4. The van der Waals surface area contributed by atoms with E-state index in [1.807, 2.05) is 91.0 Å². The zero-order valence-corrected chi connectivity index (χ0v) is 20.0. The minimum absolute atomic E-state index is 0.00849. The second-order valence-corrected chi connectivity index (χ2v) is 9.46. The second-order valence-electron chi connectivity index (χ2n) is 8.46. The molecule has 3 amide bonds. The number of aromatic nitrogens is 1. The number of nitrogens with one attached hydrogen (secondary N) is 2. The van der Waals surface area contributed by atoms with Crippen molar-refractivity contribution in [1.29, 1.82) is 0 Å². The van der Waals surface area contributed by atoms with Crippen molar-refractivity contribution in [3.63, 3.8) is 0 Å². The Morgan fingerprint density at radius 3 is 2.00 bits per heavy atom. The van der Waals surface area contributed by atoms with Gasteiger partial charge < -0.3 is 15.5 Å². The molecule has 4 aromatic rings. The SMILES string of the molecule is O=C(NC1CCN(C(=O)Nc2ccccc2)CC1)c1sc(-c2ccccc2)nc1-c1ccccc1. The first-order chi connectivity index (χ1) is 17.2. The van der Waals surface area contributed by atoms with E-state index < -0.39 is 0 Å². The average Bonchev–Trinajstić information content (AvgIpc) is 3.37. The maximum Gasteiger partial charge on any atom is 0.321 e. The van der Waals surface area contributed by atoms with Crippen molar-refractivity contribution >= 4 is 29.0 Å². The number of carbonyl (C=O) groups is 2. The van der Waals surface area contributed by atoms with Gasteiger partial charge in [-0.2, -0.15) is 0 Å². The van der Waals surface area contributed by atoms with Crippen molar-refractivity contribution in [2.45, 2.75) is 18.9 Å². The fraction of sp³-hybridized carbons (Fsp3) is 0.179. The molecule has 0 radical (unpaired) electrons. The molecule has 2 heterocycles. The van der Waals surface area contributed by atoms with Gasteiger partial charge in [-0.25, -0.2) is 9.78 Å². The van der Waals surface area contributed by atoms with E-state index in [1.54, 1.807) is 4.90 Å². The second kappa shape index (κ2) is 10.5. The largest absolute Gasteiger partial charge is 0.348 e. The zero-order valence-electron chi connectivity index (χ0n) is 19.2. The third-order valence-electron chi connectivity index (χ3n) is 6.04. The summed E-state index contributed by atoms with van der Waals surface area (Å²) in [5, 5.41) is 6.94. The Balaban J connectivity index is 1.27. The zero-order chi connectivity index (χ0) is 24.0. The van der Waals surface area contributed by atoms with E-state index in [2.05, 4.69) is 10.6 Å². The lowest BCUT2D eigenvalue weighted by molar-refractivity contribution is 0.0924. The van der Waals surface area contributed by atoms with Gasteiger partial charge in [-0.05, 0) is 25.0 Å². The molecule has 0 aliphatic carbocycles. The number of benzene rings is 3. The van der Waals surface area contributed by atoms with E-state index in [-0.39, 0.29) is 18.0 Å². The molecule has 0 bridgehead atoms. The standard InChI is InChI=1S/C28H26N4O2S/c33-26(29-23-16-18-32(19-17-23)28(34)30-22-14-8-3-9-15-22)25-24(20-10-4-1-5-11-20)31-27(35-25)21-12-6-2-7-13-21/h1-15,23H,16-19H2,(H,29,33)(H,30,34). The molecule has 2 N–H and O–H groups in total. The van der Waals surface area contributed by atoms with Crippen molar-refractivity contribution in [2.24, 2.45) is 0 Å². The minimum Gasteiger partial charge on any atom is -0.348 e. The fourth-order valence-electron chi connectivity index (χ4n) is 4.17. The molecule has 0 unspecified atom stereocenters. The van der Waals surface area contributed by atoms with Crippen LogP contribution in [0.25, 0.3) is 21.8 Å². The van der Waals surface area contributed by atoms with Crippen LogP contribution in [-0.4, -0.2) is 41.0 Å². The van der Waals surface area contributed by atoms with E-state index in [4.69, 9.17) is 4.98 Å². The number of rotatable bonds is 5. The number of carbonyl (C=O) groups excluding carboxylic acids is 2. The quantitative estimate of drug-likeness (QED) is 0.372. The summed E-state index contributed by atoms with van der Waals surface area (Å²) in [4.78, 5) is 33.2. The summed E-state index contributed by atoms with van der Waals surface area (Å²) in [6.07, 6.45) is 1.41. The number of amides is 3. The molecular weight excluding hydrogens is 456 g/mol. The lowest BCUT2D eigenvalue weighted by atomic mass is 10.0. The third-order valence-corrected chi connectivity index (χ3v) is 7.15. The molecule has 0 atom stereocenters. The summed E-state index contributed by atoms with van der Waals surface area (Å²) in [7, 11) is 0. The Morgan fingerprint density at radius 2 is 1.37 bits per heavy atom. The van der Waals surface area contributed by atoms with Crippen molar-refractivity contribution in [1.82, 2.24) is 15.2 Å². The normalized spacial score (nSPS) is 13.9. The van der Waals surface area contributed by atoms with Gasteiger partial charge in [0.25, 0.3) is 5.91 Å². The van der Waals surface area contributed by atoms with E-state index in [9.17, 15) is 9.59 Å². The van der Waals surface area contributed by atoms with Gasteiger partial charge in [0.05, 0.1) is 5.69 Å². The van der Waals surface area contributed by atoms with Crippen LogP contribution < -0.4 is 10.6 Å². The topological polar surface area (TPSA) is 74.3 Å². The molecule has 5 rings (SSSR count). The Morgan fingerprint density at radius 1 is 0.800 bits per heavy atom. The highest BCUT2D eigenvalue weighted by atomic mass is 32.1. The number of para-hydroxylation sites is 1. The van der Waals surface area contributed by atoms with Gasteiger partial charge in [0.2, 0.25) is 0 Å². The Kier molecular flexibility index (Phi) is 6.86. The van der Waals surface area contributed by atoms with Crippen LogP contribution in [0.15, 0.2) is 91.0 Å². The Hall–Kier alpha value is -3.97. The molecule has 1 aliphatic heterocycles. The Labute approximate surface area is 208 Å². The van der Waals surface area contributed by atoms with Crippen LogP contribution in [-0.2, 0) is 0 Å². The first-order valence-electron chi connectivity index (χ1n) is 11.7. The number of hydrogen-bond donors (Lipinski definition) is 2. The summed E-state index contributed by atoms with van der Waals surface area (Å²) >= 11 is 1.41. The van der Waals surface area contributed by atoms with Gasteiger partial charge in [-0.15, -0.1) is 11.3 Å². The minimum atomic E-state index is -0.115. The van der Waals surface area contributed by atoms with Gasteiger partial charge in [-0.3, -0.25) is 4.79 Å². The summed E-state index contributed by atoms with van der Waals surface area (Å²) in [5.41, 5.74) is 3.39. The lowest BCUT2D eigenvalue weighted by Crippen LogP contribution is -2.47. The number of piperidine rings is 1. The van der Waals surface area contributed by atoms with E-state index in [0.29, 0.717) is 36.5 Å². The van der Waals surface area contributed by atoms with Crippen molar-refractivity contribution in [2.75, 3.05) is 18.4 Å². The highest BCUT2D eigenvalue weighted by Gasteiger charge is 2.27. The molecule has 1 aliphatic rings. The molecule has 0 spiro atoms. The van der Waals surface area contributed by atoms with Gasteiger partial charge in [0.1, 0.15) is 9.88 Å². The molecule has 1 saturated heterocycles. The van der Waals surface area contributed by atoms with Gasteiger partial charge in [-0.1, -0.05) is 78.9 Å². The molecule has 1 fully saturated rings. The first kappa shape index (κ1) is 22.8. The third kappa shape index (κ3) is 5.41. The summed E-state index contributed by atoms with van der Waals surface area (Å²) in [6, 6.07) is 29.1. The van der Waals surface area contributed by atoms with Crippen LogP contribution >= 0.6 is 11.3 Å². The molecule has 176 valence electrons. The number of urea groups is 1. The molecule has 1 aromatic heterocycles. The molecule has 35 heavy (non-hydrogen) atoms. The van der Waals surface area contributed by atoms with Gasteiger partial charge >= 0.3 is 6.03 Å². The molecule has 3 aromatic carbocycles. The Bertz CT molecular complexity index is 1280. The van der Waals surface area contributed by atoms with Crippen LogP contribution in [0.4, 0.5) is 10.5 Å². The highest BCUT2D eigenvalue weighted by Crippen LogP contribution is 2.34. The number of thiazole rings is 1. The average molecular weight is 483 g/mol. The van der Waals surface area contributed by atoms with E-state index >= 15 is 0 Å². The number of nitrogens with zero attached hydrogens (tertiary/aromatic N) is 2. The maximum atomic E-state index is 13.4. The van der Waals surface area contributed by atoms with Crippen molar-refractivity contribution in [3.05, 3.63) is 95.9 Å². The monoisotopic (exact) mass is 482 g/mol. The fourth-order valence-corrected chi connectivity index (χ4v) is 5.17. The lowest BCUT2D eigenvalue weighted by Gasteiger charge is -2.32. The predicted octanol–water partition coefficient (Wildman–Crippen LogP) is 5.90. The van der Waals surface area contributed by atoms with Crippen LogP contribution in [0, 0.1) is 0 Å². The van der Waals surface area contributed by atoms with Gasteiger partial charge in [0.15, 0.2) is 0 Å². The van der Waals surface area contributed by atoms with Crippen LogP contribution in [0.3, 0.4) is 0 Å². The van der Waals surface area contributed by atoms with Crippen molar-refractivity contribution < 1.29 is 9.59 Å². The smallest absolute Gasteiger partial charge is 0.321 e. The summed E-state index contributed by atoms with van der Waals surface area (Å²) in [6.45, 7) is 1.18. The molecule has 0 saturated carbocycles. The number of anilines is 1. The predicted molar refractivity (Wildman–Crippen MR) is 141 cm³/mol. The van der Waals surface area contributed by atoms with Crippen LogP contribution in [0.5, 0.6) is 0 Å². The summed E-state index contributed by atoms with van der Waals surface area (Å²) in [5.74, 6) is -0.115. The first-order valence-corrected chi connectivity index (χ1v) is 12.5. The highest BCUT2D eigenvalue weighted by molar-refractivity contribution is 7.17. The van der Waals surface area contributed by atoms with Crippen LogP contribution in [0.2, 0.25) is 0 Å². The maximum absolute atomic E-state index is 13.4. The molecular formula is C28H26N4O2S. The van der Waals surface area contributed by atoms with E-state index in [0.717, 1.165) is 21.8 Å². The molecule has 7 heteroatoms. The number of likely N-dealkylation sites (tertiary alicyclic amines) is 1. The summed E-state index contributed by atoms with van der Waals surface area (Å²) < 4.78 is 0. The van der Waals surface area contributed by atoms with E-state index in [1.165, 1.54) is 11.3 Å².